The van der Waals surface area contributed by atoms with Crippen molar-refractivity contribution in [2.24, 2.45) is 16.6 Å². The molecule has 3 aromatic rings. The summed E-state index contributed by atoms with van der Waals surface area (Å²) in [6, 6.07) is 10.9. The van der Waals surface area contributed by atoms with E-state index < -0.39 is 6.04 Å². The van der Waals surface area contributed by atoms with Gasteiger partial charge in [-0.3, -0.25) is 4.79 Å². The third-order valence-electron chi connectivity index (χ3n) is 6.31. The van der Waals surface area contributed by atoms with E-state index in [0.717, 1.165) is 5.56 Å². The van der Waals surface area contributed by atoms with Crippen molar-refractivity contribution in [3.63, 3.8) is 0 Å². The number of nitrogens with two attached hydrogens (primary N) is 1. The number of ether oxygens (including phenoxy) is 2. The van der Waals surface area contributed by atoms with Gasteiger partial charge in [0, 0.05) is 30.6 Å². The van der Waals surface area contributed by atoms with Crippen LogP contribution >= 0.6 is 0 Å². The van der Waals surface area contributed by atoms with E-state index in [1.54, 1.807) is 6.20 Å². The van der Waals surface area contributed by atoms with E-state index in [1.165, 1.54) is 0 Å². The summed E-state index contributed by atoms with van der Waals surface area (Å²) in [4.78, 5) is 24.0. The molecule has 0 bridgehead atoms. The number of hydrogen-bond donors (Lipinski definition) is 3. The molecule has 0 aliphatic carbocycles. The van der Waals surface area contributed by atoms with E-state index in [-0.39, 0.29) is 36.5 Å². The van der Waals surface area contributed by atoms with Crippen molar-refractivity contribution in [2.45, 2.75) is 71.7 Å². The number of fused-ring (bicyclic) bond motifs is 1. The molecule has 1 unspecified atom stereocenters. The number of aromatic amines is 1. The van der Waals surface area contributed by atoms with Crippen LogP contribution in [0.4, 0.5) is 5.69 Å². The minimum Gasteiger partial charge on any atom is -0.439 e. The second-order valence-corrected chi connectivity index (χ2v) is 10.8. The van der Waals surface area contributed by atoms with E-state index in [0.29, 0.717) is 42.1 Å². The van der Waals surface area contributed by atoms with E-state index in [2.05, 4.69) is 49.8 Å². The molecular weight excluding hydrogens is 498 g/mol. The first-order valence-electron chi connectivity index (χ1n) is 13.1. The third-order valence-corrected chi connectivity index (χ3v) is 6.31. The Kier molecular flexibility index (Phi) is 8.75. The van der Waals surface area contributed by atoms with Gasteiger partial charge in [0.05, 0.1) is 24.1 Å². The number of carbonyl (C=O) groups excluding carboxylic acids is 1. The zero-order chi connectivity index (χ0) is 28.0. The minimum absolute atomic E-state index is 0.0197. The van der Waals surface area contributed by atoms with Crippen LogP contribution in [0.3, 0.4) is 0 Å². The van der Waals surface area contributed by atoms with Gasteiger partial charge in [-0.05, 0) is 45.2 Å². The van der Waals surface area contributed by atoms with Gasteiger partial charge < -0.3 is 25.4 Å². The minimum atomic E-state index is -0.517. The Morgan fingerprint density at radius 2 is 2.00 bits per heavy atom. The average molecular weight is 536 g/mol. The largest absolute Gasteiger partial charge is 0.439 e. The van der Waals surface area contributed by atoms with E-state index in [4.69, 9.17) is 15.2 Å². The van der Waals surface area contributed by atoms with Crippen molar-refractivity contribution >= 4 is 17.6 Å². The number of guanidine groups is 1. The maximum Gasteiger partial charge on any atom is 0.220 e. The predicted octanol–water partition coefficient (Wildman–Crippen LogP) is 3.63. The normalized spacial score (nSPS) is 14.9. The summed E-state index contributed by atoms with van der Waals surface area (Å²) in [7, 11) is 0. The van der Waals surface area contributed by atoms with Crippen molar-refractivity contribution in [1.82, 2.24) is 35.8 Å². The number of pyridine rings is 1. The highest BCUT2D eigenvalue weighted by molar-refractivity contribution is 5.84. The molecule has 2 atom stereocenters. The molecule has 12 heteroatoms. The van der Waals surface area contributed by atoms with Crippen molar-refractivity contribution < 1.29 is 14.3 Å². The molecule has 0 saturated carbocycles. The number of hydrogen-bond acceptors (Lipinski definition) is 10. The summed E-state index contributed by atoms with van der Waals surface area (Å²) >= 11 is 0. The molecule has 4 N–H and O–H groups in total. The van der Waals surface area contributed by atoms with Crippen LogP contribution in [0, 0.1) is 5.92 Å². The Morgan fingerprint density at radius 3 is 2.67 bits per heavy atom. The number of H-pyrrole nitrogens is 1. The highest BCUT2D eigenvalue weighted by Crippen LogP contribution is 2.32. The second kappa shape index (κ2) is 12.2. The van der Waals surface area contributed by atoms with Crippen LogP contribution < -0.4 is 15.8 Å². The number of nitrogens with zero attached hydrogens (tertiary/aromatic N) is 6. The summed E-state index contributed by atoms with van der Waals surface area (Å²) in [5.41, 5.74) is 7.69. The van der Waals surface area contributed by atoms with Crippen LogP contribution in [0.25, 0.3) is 0 Å². The maximum atomic E-state index is 13.0. The van der Waals surface area contributed by atoms with Gasteiger partial charge in [0.2, 0.25) is 11.8 Å². The van der Waals surface area contributed by atoms with Gasteiger partial charge in [0.1, 0.15) is 11.8 Å². The number of rotatable bonds is 11. The van der Waals surface area contributed by atoms with Gasteiger partial charge in [-0.15, -0.1) is 10.2 Å². The SMILES string of the molecule is CC(C)[C@H](CCC(=O)NC(COC(C)(C)C)c1nn[nH]n1)N1Cc2cc(Oc3ccccc3)ncc2N=C1N. The number of aliphatic imine (C=N–C) groups is 1. The zero-order valence-electron chi connectivity index (χ0n) is 23.1. The highest BCUT2D eigenvalue weighted by Gasteiger charge is 2.29. The number of nitrogens with one attached hydrogen (secondary N) is 2. The van der Waals surface area contributed by atoms with Crippen LogP contribution in [-0.4, -0.2) is 60.6 Å². The lowest BCUT2D eigenvalue weighted by Gasteiger charge is -2.37. The Hall–Kier alpha value is -4.06. The van der Waals surface area contributed by atoms with Gasteiger partial charge in [-0.1, -0.05) is 37.3 Å². The van der Waals surface area contributed by atoms with Crippen molar-refractivity contribution in [3.8, 4) is 11.6 Å². The quantitative estimate of drug-likeness (QED) is 0.333. The van der Waals surface area contributed by atoms with E-state index in [9.17, 15) is 4.79 Å². The molecule has 39 heavy (non-hydrogen) atoms. The fourth-order valence-corrected chi connectivity index (χ4v) is 4.33. The first-order chi connectivity index (χ1) is 18.6. The van der Waals surface area contributed by atoms with Crippen molar-refractivity contribution in [2.75, 3.05) is 6.61 Å². The molecule has 2 aromatic heterocycles. The molecule has 12 nitrogen and oxygen atoms in total. The fraction of sp³-hybridized carbons (Fsp3) is 0.481. The molecule has 3 heterocycles. The summed E-state index contributed by atoms with van der Waals surface area (Å²) in [5, 5.41) is 17.1. The Bertz CT molecular complexity index is 1260. The van der Waals surface area contributed by atoms with Gasteiger partial charge in [-0.25, -0.2) is 9.98 Å². The number of carbonyl (C=O) groups is 1. The highest BCUT2D eigenvalue weighted by atomic mass is 16.5. The molecule has 0 saturated heterocycles. The van der Waals surface area contributed by atoms with E-state index >= 15 is 0 Å². The number of para-hydroxylation sites is 1. The molecule has 0 spiro atoms. The molecule has 4 rings (SSSR count). The summed E-state index contributed by atoms with van der Waals surface area (Å²) in [6.45, 7) is 10.8. The molecule has 0 fully saturated rings. The number of tetrazole rings is 1. The standard InChI is InChI=1S/C27H37N9O3/c1-17(2)22(11-12-23(37)30-21(16-38-27(3,4)5)25-32-34-35-33-25)36-15-18-13-24(29-14-20(18)31-26(36)28)39-19-9-7-6-8-10-19/h6-10,13-14,17,21-22H,11-12,15-16H2,1-5H3,(H2,28,31)(H,30,37)(H,32,33,34,35)/t21?,22-/m0/s1. The van der Waals surface area contributed by atoms with Crippen LogP contribution in [0.5, 0.6) is 11.6 Å². The molecule has 1 amide bonds. The Balaban J connectivity index is 1.41. The monoisotopic (exact) mass is 535 g/mol. The van der Waals surface area contributed by atoms with Gasteiger partial charge in [0.25, 0.3) is 0 Å². The number of amides is 1. The van der Waals surface area contributed by atoms with Crippen LogP contribution in [0.15, 0.2) is 47.6 Å². The smallest absolute Gasteiger partial charge is 0.220 e. The zero-order valence-corrected chi connectivity index (χ0v) is 23.1. The van der Waals surface area contributed by atoms with Crippen molar-refractivity contribution in [3.05, 3.63) is 54.0 Å². The number of benzene rings is 1. The summed E-state index contributed by atoms with van der Waals surface area (Å²) < 4.78 is 11.8. The van der Waals surface area contributed by atoms with Gasteiger partial charge in [-0.2, -0.15) is 5.21 Å². The lowest BCUT2D eigenvalue weighted by atomic mass is 9.96. The summed E-state index contributed by atoms with van der Waals surface area (Å²) in [5.74, 6) is 2.05. The molecule has 208 valence electrons. The van der Waals surface area contributed by atoms with Crippen LogP contribution in [0.1, 0.15) is 64.9 Å². The maximum absolute atomic E-state index is 13.0. The Labute approximate surface area is 228 Å². The molecule has 0 radical (unpaired) electrons. The lowest BCUT2D eigenvalue weighted by Crippen LogP contribution is -2.48. The first kappa shape index (κ1) is 28.0. The van der Waals surface area contributed by atoms with Gasteiger partial charge >= 0.3 is 0 Å². The molecular formula is C27H37N9O3. The van der Waals surface area contributed by atoms with Crippen LogP contribution in [-0.2, 0) is 16.1 Å². The third kappa shape index (κ3) is 7.73. The summed E-state index contributed by atoms with van der Waals surface area (Å²) in [6.07, 6.45) is 2.53. The predicted molar refractivity (Wildman–Crippen MR) is 146 cm³/mol. The second-order valence-electron chi connectivity index (χ2n) is 10.8. The van der Waals surface area contributed by atoms with Crippen molar-refractivity contribution in [1.29, 1.82) is 0 Å². The molecule has 1 aromatic carbocycles. The fourth-order valence-electron chi connectivity index (χ4n) is 4.33. The number of aromatic nitrogens is 5. The first-order valence-corrected chi connectivity index (χ1v) is 13.1. The molecule has 1 aliphatic heterocycles. The Morgan fingerprint density at radius 1 is 1.23 bits per heavy atom. The lowest BCUT2D eigenvalue weighted by molar-refractivity contribution is -0.123. The average Bonchev–Trinajstić information content (AvgIpc) is 3.42. The topological polar surface area (TPSA) is 157 Å². The van der Waals surface area contributed by atoms with Gasteiger partial charge in [0.15, 0.2) is 11.8 Å². The molecule has 1 aliphatic rings. The van der Waals surface area contributed by atoms with Crippen LogP contribution in [0.2, 0.25) is 0 Å². The van der Waals surface area contributed by atoms with E-state index in [1.807, 2.05) is 62.1 Å².